The lowest BCUT2D eigenvalue weighted by Crippen LogP contribution is -2.80. The number of fused-ring (bicyclic) bond motifs is 3. The number of hydrogen-bond donors (Lipinski definition) is 7. The minimum atomic E-state index is -2.74. The van der Waals surface area contributed by atoms with Gasteiger partial charge in [-0.05, 0) is 82.6 Å². The zero-order valence-corrected chi connectivity index (χ0v) is 26.5. The number of anilines is 1. The predicted octanol–water partition coefficient (Wildman–Crippen LogP) is 1.92. The number of phenols is 1. The van der Waals surface area contributed by atoms with E-state index < -0.39 is 86.5 Å². The molecule has 3 aliphatic carbocycles. The number of primary amides is 1. The third-order valence-corrected chi connectivity index (χ3v) is 8.97. The molecule has 0 bridgehead atoms. The number of carbonyl (C=O) groups is 4. The first-order chi connectivity index (χ1) is 21.7. The van der Waals surface area contributed by atoms with Gasteiger partial charge in [0.25, 0.3) is 5.91 Å². The van der Waals surface area contributed by atoms with Gasteiger partial charge in [-0.1, -0.05) is 18.2 Å². The van der Waals surface area contributed by atoms with Gasteiger partial charge in [-0.2, -0.15) is 5.26 Å². The van der Waals surface area contributed by atoms with Crippen LogP contribution in [-0.4, -0.2) is 80.6 Å². The number of aromatic hydroxyl groups is 1. The summed E-state index contributed by atoms with van der Waals surface area (Å²) in [6, 6.07) is 9.78. The predicted molar refractivity (Wildman–Crippen MR) is 169 cm³/mol. The number of aliphatic hydroxyl groups is 2. The summed E-state index contributed by atoms with van der Waals surface area (Å²) in [6.45, 7) is 5.21. The molecular formula is C33H36N6O8. The first kappa shape index (κ1) is 33.1. The lowest BCUT2D eigenvalue weighted by Gasteiger charge is -2.58. The molecular weight excluding hydrogens is 608 g/mol. The Bertz CT molecular complexity index is 1870. The molecule has 0 unspecified atom stereocenters. The Labute approximate surface area is 270 Å². The van der Waals surface area contributed by atoms with Gasteiger partial charge in [0.05, 0.1) is 34.3 Å². The molecule has 14 heteroatoms. The highest BCUT2D eigenvalue weighted by atomic mass is 16.6. The molecule has 3 aliphatic rings. The smallest absolute Gasteiger partial charge is 0.412 e. The molecule has 0 saturated heterocycles. The van der Waals surface area contributed by atoms with E-state index in [-0.39, 0.29) is 12.0 Å². The number of carbonyl (C=O) groups excluding carboxylic acids is 4. The Morgan fingerprint density at radius 1 is 1.06 bits per heavy atom. The van der Waals surface area contributed by atoms with Crippen molar-refractivity contribution in [3.05, 3.63) is 64.4 Å². The molecule has 2 amide bonds. The third-order valence-electron chi connectivity index (χ3n) is 8.97. The standard InChI is InChI=1S/C33H36N6O8/c1-30(2,3)47-29(46)38-16-8-6-15(7-9-16)17-10-11-19(40)20-18(17)12-31(36)13-33(37)25(39(4)5)24(42)21(28(35)45)26(43)32(33,14-34)27(44)22(31)23(20)41/h6-11,25,40-41,43H,12-13,36-37H2,1-5H3,(H2,35,45)(H,38,46)/t25-,31-,32+,33-/m1/s1. The fraction of sp³-hybridized carbons (Fsp3) is 0.364. The van der Waals surface area contributed by atoms with Crippen LogP contribution < -0.4 is 22.5 Å². The number of phenolic OH excluding ortho intramolecular Hbond substituents is 1. The minimum absolute atomic E-state index is 0.130. The van der Waals surface area contributed by atoms with E-state index in [9.17, 15) is 39.8 Å². The second-order valence-corrected chi connectivity index (χ2v) is 13.5. The Morgan fingerprint density at radius 2 is 1.68 bits per heavy atom. The molecule has 0 aromatic heterocycles. The fourth-order valence-electron chi connectivity index (χ4n) is 7.26. The molecule has 0 heterocycles. The summed E-state index contributed by atoms with van der Waals surface area (Å²) in [5.41, 5.74) is 12.1. The van der Waals surface area contributed by atoms with Crippen LogP contribution in [0.4, 0.5) is 10.5 Å². The van der Waals surface area contributed by atoms with Gasteiger partial charge < -0.3 is 37.3 Å². The van der Waals surface area contributed by atoms with Gasteiger partial charge >= 0.3 is 6.09 Å². The van der Waals surface area contributed by atoms with Gasteiger partial charge in [-0.15, -0.1) is 0 Å². The van der Waals surface area contributed by atoms with E-state index in [0.717, 1.165) is 0 Å². The molecule has 246 valence electrons. The van der Waals surface area contributed by atoms with E-state index in [1.807, 2.05) is 0 Å². The molecule has 0 spiro atoms. The van der Waals surface area contributed by atoms with Crippen molar-refractivity contribution >= 4 is 35.0 Å². The van der Waals surface area contributed by atoms with E-state index in [2.05, 4.69) is 5.32 Å². The van der Waals surface area contributed by atoms with Crippen molar-refractivity contribution < 1.29 is 39.2 Å². The van der Waals surface area contributed by atoms with Crippen molar-refractivity contribution in [2.75, 3.05) is 19.4 Å². The molecule has 47 heavy (non-hydrogen) atoms. The molecule has 2 aromatic rings. The molecule has 10 N–H and O–H groups in total. The number of amides is 2. The zero-order chi connectivity index (χ0) is 35.0. The maximum Gasteiger partial charge on any atom is 0.412 e. The summed E-state index contributed by atoms with van der Waals surface area (Å²) in [5.74, 6) is -5.94. The number of nitrogens with two attached hydrogens (primary N) is 3. The molecule has 2 aromatic carbocycles. The van der Waals surface area contributed by atoms with Crippen LogP contribution >= 0.6 is 0 Å². The van der Waals surface area contributed by atoms with Crippen LogP contribution in [0.3, 0.4) is 0 Å². The number of rotatable bonds is 4. The van der Waals surface area contributed by atoms with E-state index in [1.54, 1.807) is 57.2 Å². The average Bonchev–Trinajstić information content (AvgIpc) is 2.91. The number of benzene rings is 2. The van der Waals surface area contributed by atoms with Crippen molar-refractivity contribution in [3.63, 3.8) is 0 Å². The Morgan fingerprint density at radius 3 is 2.21 bits per heavy atom. The number of nitrogens with zero attached hydrogens (tertiary/aromatic N) is 2. The van der Waals surface area contributed by atoms with Crippen LogP contribution in [0.1, 0.15) is 38.3 Å². The number of hydrogen-bond acceptors (Lipinski definition) is 12. The number of ketones is 2. The van der Waals surface area contributed by atoms with E-state index in [4.69, 9.17) is 21.9 Å². The van der Waals surface area contributed by atoms with Crippen LogP contribution in [0.2, 0.25) is 0 Å². The monoisotopic (exact) mass is 644 g/mol. The van der Waals surface area contributed by atoms with Gasteiger partial charge in [0.1, 0.15) is 28.4 Å². The molecule has 5 rings (SSSR count). The normalized spacial score (nSPS) is 27.1. The topological polar surface area (TPSA) is 255 Å². The van der Waals surface area contributed by atoms with E-state index >= 15 is 0 Å². The number of aliphatic hydroxyl groups excluding tert-OH is 2. The summed E-state index contributed by atoms with van der Waals surface area (Å²) in [7, 11) is 2.90. The van der Waals surface area contributed by atoms with Gasteiger partial charge in [-0.25, -0.2) is 4.79 Å². The summed E-state index contributed by atoms with van der Waals surface area (Å²) >= 11 is 0. The largest absolute Gasteiger partial charge is 0.509 e. The fourth-order valence-corrected chi connectivity index (χ4v) is 7.26. The number of likely N-dealkylation sites (N-methyl/N-ethyl adjacent to an activating group) is 1. The molecule has 1 saturated carbocycles. The molecule has 0 radical (unpaired) electrons. The summed E-state index contributed by atoms with van der Waals surface area (Å²) in [5, 5.41) is 47.1. The summed E-state index contributed by atoms with van der Waals surface area (Å²) in [6.07, 6.45) is -1.33. The van der Waals surface area contributed by atoms with E-state index in [0.29, 0.717) is 22.4 Å². The zero-order valence-electron chi connectivity index (χ0n) is 26.5. The minimum Gasteiger partial charge on any atom is -0.509 e. The van der Waals surface area contributed by atoms with Crippen LogP contribution in [0.25, 0.3) is 16.9 Å². The lowest BCUT2D eigenvalue weighted by atomic mass is 9.47. The van der Waals surface area contributed by atoms with Crippen LogP contribution in [0, 0.1) is 16.7 Å². The summed E-state index contributed by atoms with van der Waals surface area (Å²) < 4.78 is 5.29. The van der Waals surface area contributed by atoms with Gasteiger partial charge in [0, 0.05) is 5.69 Å². The molecule has 1 fully saturated rings. The summed E-state index contributed by atoms with van der Waals surface area (Å²) in [4.78, 5) is 54.0. The van der Waals surface area contributed by atoms with Gasteiger partial charge in [0.2, 0.25) is 0 Å². The molecule has 14 nitrogen and oxygen atoms in total. The SMILES string of the molecule is CN(C)[C@@H]1C(=O)C(C(N)=O)=C(O)[C@@]2(C#N)C(=O)C3=C(O)c4c(O)ccc(-c5ccc(NC(=O)OC(C)(C)C)cc5)c4C[C@@]3(N)C[C@@]12N. The maximum absolute atomic E-state index is 14.5. The van der Waals surface area contributed by atoms with Gasteiger partial charge in [-0.3, -0.25) is 24.6 Å². The average molecular weight is 645 g/mol. The third kappa shape index (κ3) is 4.73. The van der Waals surface area contributed by atoms with Crippen molar-refractivity contribution in [1.82, 2.24) is 4.90 Å². The Kier molecular flexibility index (Phi) is 7.52. The number of Topliss-reactive ketones (excluding diaryl/α,β-unsaturated/α-hetero) is 2. The number of ether oxygens (including phenoxy) is 1. The van der Waals surface area contributed by atoms with Gasteiger partial charge in [0.15, 0.2) is 17.0 Å². The first-order valence-corrected chi connectivity index (χ1v) is 14.6. The van der Waals surface area contributed by atoms with Crippen LogP contribution in [-0.2, 0) is 25.5 Å². The highest BCUT2D eigenvalue weighted by Gasteiger charge is 2.74. The van der Waals surface area contributed by atoms with Crippen molar-refractivity contribution in [1.29, 1.82) is 5.26 Å². The van der Waals surface area contributed by atoms with Crippen LogP contribution in [0.15, 0.2) is 53.3 Å². The highest BCUT2D eigenvalue weighted by Crippen LogP contribution is 2.58. The van der Waals surface area contributed by atoms with Crippen molar-refractivity contribution in [2.45, 2.75) is 56.3 Å². The second-order valence-electron chi connectivity index (χ2n) is 13.5. The second kappa shape index (κ2) is 10.7. The highest BCUT2D eigenvalue weighted by molar-refractivity contribution is 6.25. The first-order valence-electron chi connectivity index (χ1n) is 14.6. The van der Waals surface area contributed by atoms with E-state index in [1.165, 1.54) is 25.1 Å². The number of nitrogens with one attached hydrogen (secondary N) is 1. The van der Waals surface area contributed by atoms with Crippen molar-refractivity contribution in [3.8, 4) is 22.9 Å². The number of nitriles is 1. The maximum atomic E-state index is 14.5. The van der Waals surface area contributed by atoms with Crippen LogP contribution in [0.5, 0.6) is 5.75 Å². The lowest BCUT2D eigenvalue weighted by molar-refractivity contribution is -0.139. The molecule has 0 aliphatic heterocycles. The Hall–Kier alpha value is -5.23. The Balaban J connectivity index is 1.69. The van der Waals surface area contributed by atoms with Crippen molar-refractivity contribution in [2.24, 2.45) is 22.6 Å². The molecule has 4 atom stereocenters. The quantitative estimate of drug-likeness (QED) is 0.236.